The Morgan fingerprint density at radius 1 is 1.39 bits per heavy atom. The fourth-order valence-corrected chi connectivity index (χ4v) is 5.75. The summed E-state index contributed by atoms with van der Waals surface area (Å²) in [7, 11) is -3.32. The van der Waals surface area contributed by atoms with Gasteiger partial charge in [0.25, 0.3) is 0 Å². The van der Waals surface area contributed by atoms with Crippen molar-refractivity contribution < 1.29 is 8.42 Å². The number of hydrogen-bond acceptors (Lipinski definition) is 4. The molecule has 0 radical (unpaired) electrons. The first kappa shape index (κ1) is 16.4. The standard InChI is InChI=1S/C10H15BrN2O2S2.ClH/c1-8-9(7-10(11)16-8)17(14,15)13-5-2-3-12-4-6-13;/h7,12H,2-6H2,1H3;1H. The van der Waals surface area contributed by atoms with E-state index in [4.69, 9.17) is 0 Å². The van der Waals surface area contributed by atoms with Gasteiger partial charge in [0.2, 0.25) is 10.0 Å². The lowest BCUT2D eigenvalue weighted by molar-refractivity contribution is 0.432. The summed E-state index contributed by atoms with van der Waals surface area (Å²) in [5.41, 5.74) is 0. The predicted molar refractivity (Wildman–Crippen MR) is 80.2 cm³/mol. The first-order chi connectivity index (χ1) is 8.01. The number of hydrogen-bond donors (Lipinski definition) is 1. The van der Waals surface area contributed by atoms with Crippen molar-refractivity contribution in [2.75, 3.05) is 26.2 Å². The molecule has 1 saturated heterocycles. The monoisotopic (exact) mass is 374 g/mol. The second-order valence-corrected chi connectivity index (χ2v) is 8.52. The van der Waals surface area contributed by atoms with E-state index in [1.165, 1.54) is 11.3 Å². The van der Waals surface area contributed by atoms with Gasteiger partial charge in [-0.25, -0.2) is 8.42 Å². The molecule has 1 aromatic rings. The Kier molecular flexibility index (Phi) is 6.08. The van der Waals surface area contributed by atoms with Crippen LogP contribution < -0.4 is 5.32 Å². The van der Waals surface area contributed by atoms with E-state index in [-0.39, 0.29) is 12.4 Å². The number of nitrogens with zero attached hydrogens (tertiary/aromatic N) is 1. The Labute approximate surface area is 126 Å². The van der Waals surface area contributed by atoms with E-state index in [0.29, 0.717) is 18.0 Å². The number of rotatable bonds is 2. The summed E-state index contributed by atoms with van der Waals surface area (Å²) >= 11 is 4.80. The van der Waals surface area contributed by atoms with Crippen molar-refractivity contribution in [3.8, 4) is 0 Å². The summed E-state index contributed by atoms with van der Waals surface area (Å²) in [4.78, 5) is 1.28. The van der Waals surface area contributed by atoms with Crippen LogP contribution in [0.2, 0.25) is 0 Å². The Bertz CT molecular complexity index is 496. The zero-order valence-electron chi connectivity index (χ0n) is 9.98. The molecule has 0 spiro atoms. The second-order valence-electron chi connectivity index (χ2n) is 3.98. The highest BCUT2D eigenvalue weighted by Gasteiger charge is 2.27. The summed E-state index contributed by atoms with van der Waals surface area (Å²) in [6.45, 7) is 4.61. The van der Waals surface area contributed by atoms with Gasteiger partial charge in [-0.05, 0) is 41.9 Å². The fourth-order valence-electron chi connectivity index (χ4n) is 1.89. The van der Waals surface area contributed by atoms with Crippen LogP contribution in [0.3, 0.4) is 0 Å². The summed E-state index contributed by atoms with van der Waals surface area (Å²) in [5.74, 6) is 0. The Balaban J connectivity index is 0.00000162. The lowest BCUT2D eigenvalue weighted by atomic mass is 10.4. The van der Waals surface area contributed by atoms with Crippen molar-refractivity contribution in [3.63, 3.8) is 0 Å². The van der Waals surface area contributed by atoms with E-state index in [1.807, 2.05) is 6.92 Å². The molecule has 1 aliphatic rings. The maximum atomic E-state index is 12.5. The topological polar surface area (TPSA) is 49.4 Å². The molecule has 18 heavy (non-hydrogen) atoms. The number of thiophene rings is 1. The summed E-state index contributed by atoms with van der Waals surface area (Å²) in [6, 6.07) is 1.70. The fraction of sp³-hybridized carbons (Fsp3) is 0.600. The van der Waals surface area contributed by atoms with Gasteiger partial charge in [-0.3, -0.25) is 0 Å². The highest BCUT2D eigenvalue weighted by molar-refractivity contribution is 9.11. The van der Waals surface area contributed by atoms with Crippen molar-refractivity contribution in [1.82, 2.24) is 9.62 Å². The molecule has 2 heterocycles. The number of halogens is 2. The highest BCUT2D eigenvalue weighted by Crippen LogP contribution is 2.31. The van der Waals surface area contributed by atoms with Gasteiger partial charge >= 0.3 is 0 Å². The number of sulfonamides is 1. The highest BCUT2D eigenvalue weighted by atomic mass is 79.9. The second kappa shape index (κ2) is 6.67. The minimum absolute atomic E-state index is 0. The van der Waals surface area contributed by atoms with Crippen LogP contribution in [0.4, 0.5) is 0 Å². The van der Waals surface area contributed by atoms with Crippen LogP contribution in [0.1, 0.15) is 11.3 Å². The predicted octanol–water partition coefficient (Wildman–Crippen LogP) is 2.22. The molecule has 1 N–H and O–H groups in total. The molecule has 2 rings (SSSR count). The number of nitrogens with one attached hydrogen (secondary N) is 1. The lowest BCUT2D eigenvalue weighted by Crippen LogP contribution is -2.34. The van der Waals surface area contributed by atoms with E-state index >= 15 is 0 Å². The maximum absolute atomic E-state index is 12.5. The van der Waals surface area contributed by atoms with E-state index in [9.17, 15) is 8.42 Å². The smallest absolute Gasteiger partial charge is 0.244 e. The Morgan fingerprint density at radius 2 is 2.11 bits per heavy atom. The zero-order chi connectivity index (χ0) is 12.5. The van der Waals surface area contributed by atoms with Crippen molar-refractivity contribution in [1.29, 1.82) is 0 Å². The molecule has 0 unspecified atom stereocenters. The summed E-state index contributed by atoms with van der Waals surface area (Å²) < 4.78 is 27.4. The Morgan fingerprint density at radius 3 is 2.72 bits per heavy atom. The van der Waals surface area contributed by atoms with E-state index in [2.05, 4.69) is 21.2 Å². The number of aryl methyl sites for hydroxylation is 1. The minimum Gasteiger partial charge on any atom is -0.315 e. The quantitative estimate of drug-likeness (QED) is 0.862. The molecule has 1 fully saturated rings. The van der Waals surface area contributed by atoms with Gasteiger partial charge in [0, 0.05) is 24.5 Å². The largest absolute Gasteiger partial charge is 0.315 e. The average molecular weight is 376 g/mol. The normalized spacial score (nSPS) is 18.1. The maximum Gasteiger partial charge on any atom is 0.244 e. The van der Waals surface area contributed by atoms with Gasteiger partial charge in [-0.2, -0.15) is 4.31 Å². The molecule has 0 aliphatic carbocycles. The van der Waals surface area contributed by atoms with E-state index < -0.39 is 10.0 Å². The van der Waals surface area contributed by atoms with Gasteiger partial charge in [0.05, 0.1) is 8.68 Å². The van der Waals surface area contributed by atoms with Gasteiger partial charge < -0.3 is 5.32 Å². The van der Waals surface area contributed by atoms with Crippen LogP contribution >= 0.6 is 39.7 Å². The molecule has 8 heteroatoms. The molecule has 0 atom stereocenters. The average Bonchev–Trinajstić information content (AvgIpc) is 2.52. The molecule has 1 aliphatic heterocycles. The molecular formula is C10H16BrClN2O2S2. The van der Waals surface area contributed by atoms with Crippen LogP contribution in [0, 0.1) is 6.92 Å². The van der Waals surface area contributed by atoms with Crippen LogP contribution in [0.15, 0.2) is 14.7 Å². The van der Waals surface area contributed by atoms with Crippen molar-refractivity contribution in [2.24, 2.45) is 0 Å². The molecule has 0 aromatic carbocycles. The van der Waals surface area contributed by atoms with Gasteiger partial charge in [-0.1, -0.05) is 0 Å². The Hall–Kier alpha value is 0.340. The molecule has 0 saturated carbocycles. The molecular weight excluding hydrogens is 360 g/mol. The molecule has 0 bridgehead atoms. The zero-order valence-corrected chi connectivity index (χ0v) is 14.0. The van der Waals surface area contributed by atoms with Gasteiger partial charge in [-0.15, -0.1) is 23.7 Å². The summed E-state index contributed by atoms with van der Waals surface area (Å²) in [5, 5.41) is 3.21. The van der Waals surface area contributed by atoms with Gasteiger partial charge in [0.15, 0.2) is 0 Å². The molecule has 104 valence electrons. The van der Waals surface area contributed by atoms with Crippen LogP contribution in [0.25, 0.3) is 0 Å². The van der Waals surface area contributed by atoms with Crippen LogP contribution in [-0.4, -0.2) is 38.9 Å². The van der Waals surface area contributed by atoms with E-state index in [1.54, 1.807) is 10.4 Å². The lowest BCUT2D eigenvalue weighted by Gasteiger charge is -2.19. The third-order valence-electron chi connectivity index (χ3n) is 2.76. The van der Waals surface area contributed by atoms with Gasteiger partial charge in [0.1, 0.15) is 0 Å². The van der Waals surface area contributed by atoms with Crippen LogP contribution in [-0.2, 0) is 10.0 Å². The molecule has 1 aromatic heterocycles. The van der Waals surface area contributed by atoms with E-state index in [0.717, 1.165) is 28.2 Å². The first-order valence-electron chi connectivity index (χ1n) is 5.48. The van der Waals surface area contributed by atoms with Crippen molar-refractivity contribution in [2.45, 2.75) is 18.2 Å². The van der Waals surface area contributed by atoms with Crippen molar-refractivity contribution in [3.05, 3.63) is 14.7 Å². The first-order valence-corrected chi connectivity index (χ1v) is 8.53. The molecule has 0 amide bonds. The van der Waals surface area contributed by atoms with Crippen LogP contribution in [0.5, 0.6) is 0 Å². The van der Waals surface area contributed by atoms with Crippen molar-refractivity contribution >= 4 is 49.7 Å². The summed E-state index contributed by atoms with van der Waals surface area (Å²) in [6.07, 6.45) is 0.865. The third kappa shape index (κ3) is 3.46. The molecule has 4 nitrogen and oxygen atoms in total. The third-order valence-corrected chi connectivity index (χ3v) is 6.47. The minimum atomic E-state index is -3.32. The SMILES string of the molecule is Cc1sc(Br)cc1S(=O)(=O)N1CCCNCC1.Cl.